The number of esters is 1. The third-order valence-electron chi connectivity index (χ3n) is 2.92. The Morgan fingerprint density at radius 1 is 0.963 bits per heavy atom. The largest absolute Gasteiger partial charge is 0.477 e. The number of carboxylic acid groups (broad SMARTS) is 1. The fourth-order valence-electron chi connectivity index (χ4n) is 1.62. The Kier molecular flexibility index (Phi) is 8.57. The number of allylic oxidation sites excluding steroid dienone is 1. The number of ketones is 2. The van der Waals surface area contributed by atoms with Crippen molar-refractivity contribution in [3.63, 3.8) is 0 Å². The van der Waals surface area contributed by atoms with Gasteiger partial charge in [0.15, 0.2) is 11.6 Å². The molecule has 144 valence electrons. The lowest BCUT2D eigenvalue weighted by Crippen LogP contribution is -2.02. The minimum absolute atomic E-state index is 0.0949. The number of hydrogen-bond acceptors (Lipinski definition) is 8. The molecule has 1 N–H and O–H groups in total. The standard InChI is InChI=1S/C11H13NO3S.C7H6O3S/c1-12(2)7-6-8(13)9-4-5-10(16-9)11(14)15-3;1-4(8)5-2-3-6(11-5)7(9)10/h4-7H,1-3H3;2-3H,1H3,(H,9,10)/b7-6+;. The van der Waals surface area contributed by atoms with Gasteiger partial charge in [-0.05, 0) is 31.2 Å². The summed E-state index contributed by atoms with van der Waals surface area (Å²) in [5.74, 6) is -1.61. The van der Waals surface area contributed by atoms with Crippen molar-refractivity contribution in [2.45, 2.75) is 6.92 Å². The normalized spacial score (nSPS) is 10.1. The van der Waals surface area contributed by atoms with E-state index in [0.29, 0.717) is 14.6 Å². The van der Waals surface area contributed by atoms with Crippen LogP contribution in [0.5, 0.6) is 0 Å². The number of ether oxygens (including phenoxy) is 1. The second-order valence-electron chi connectivity index (χ2n) is 5.32. The van der Waals surface area contributed by atoms with Gasteiger partial charge in [0.25, 0.3) is 0 Å². The van der Waals surface area contributed by atoms with Crippen molar-refractivity contribution in [3.05, 3.63) is 56.1 Å². The van der Waals surface area contributed by atoms with Crippen LogP contribution in [0.25, 0.3) is 0 Å². The maximum Gasteiger partial charge on any atom is 0.348 e. The molecular weight excluding hydrogens is 390 g/mol. The highest BCUT2D eigenvalue weighted by molar-refractivity contribution is 7.16. The molecule has 0 aliphatic heterocycles. The van der Waals surface area contributed by atoms with Crippen LogP contribution in [0.15, 0.2) is 36.5 Å². The SMILES string of the molecule is CC(=O)c1ccc(C(=O)O)s1.COC(=O)c1ccc(C(=O)/C=C/N(C)C)s1. The monoisotopic (exact) mass is 409 g/mol. The molecule has 7 nitrogen and oxygen atoms in total. The van der Waals surface area contributed by atoms with Gasteiger partial charge in [-0.25, -0.2) is 9.59 Å². The molecule has 9 heteroatoms. The molecule has 0 bridgehead atoms. The molecule has 0 saturated heterocycles. The van der Waals surface area contributed by atoms with Crippen LogP contribution < -0.4 is 0 Å². The first-order valence-electron chi connectivity index (χ1n) is 7.56. The fourth-order valence-corrected chi connectivity index (χ4v) is 3.21. The average Bonchev–Trinajstić information content (AvgIpc) is 3.28. The Morgan fingerprint density at radius 3 is 1.93 bits per heavy atom. The number of rotatable bonds is 6. The molecule has 0 radical (unpaired) electrons. The third-order valence-corrected chi connectivity index (χ3v) is 5.18. The number of carbonyl (C=O) groups excluding carboxylic acids is 3. The van der Waals surface area contributed by atoms with E-state index in [1.165, 1.54) is 32.2 Å². The molecule has 0 aliphatic carbocycles. The first kappa shape index (κ1) is 22.3. The molecule has 0 unspecified atom stereocenters. The summed E-state index contributed by atoms with van der Waals surface area (Å²) in [7, 11) is 4.98. The summed E-state index contributed by atoms with van der Waals surface area (Å²) in [6.07, 6.45) is 3.13. The number of hydrogen-bond donors (Lipinski definition) is 1. The van der Waals surface area contributed by atoms with Gasteiger partial charge < -0.3 is 14.7 Å². The lowest BCUT2D eigenvalue weighted by Gasteiger charge is -2.01. The van der Waals surface area contributed by atoms with Crippen molar-refractivity contribution in [1.82, 2.24) is 4.90 Å². The predicted octanol–water partition coefficient (Wildman–Crippen LogP) is 3.44. The Balaban J connectivity index is 0.000000289. The second kappa shape index (κ2) is 10.4. The highest BCUT2D eigenvalue weighted by Gasteiger charge is 2.12. The van der Waals surface area contributed by atoms with E-state index in [4.69, 9.17) is 5.11 Å². The summed E-state index contributed by atoms with van der Waals surface area (Å²) >= 11 is 2.13. The summed E-state index contributed by atoms with van der Waals surface area (Å²) in [5.41, 5.74) is 0. The van der Waals surface area contributed by atoms with E-state index in [2.05, 4.69) is 4.74 Å². The van der Waals surface area contributed by atoms with E-state index in [1.807, 2.05) is 14.1 Å². The zero-order valence-electron chi connectivity index (χ0n) is 15.2. The molecule has 27 heavy (non-hydrogen) atoms. The van der Waals surface area contributed by atoms with Gasteiger partial charge in [0.2, 0.25) is 0 Å². The summed E-state index contributed by atoms with van der Waals surface area (Å²) in [4.78, 5) is 47.2. The van der Waals surface area contributed by atoms with Crippen molar-refractivity contribution in [3.8, 4) is 0 Å². The first-order chi connectivity index (χ1) is 12.6. The Morgan fingerprint density at radius 2 is 1.48 bits per heavy atom. The predicted molar refractivity (Wildman–Crippen MR) is 104 cm³/mol. The van der Waals surface area contributed by atoms with E-state index >= 15 is 0 Å². The molecule has 2 heterocycles. The van der Waals surface area contributed by atoms with Crippen LogP contribution in [0, 0.1) is 0 Å². The minimum atomic E-state index is -0.984. The number of carboxylic acids is 1. The summed E-state index contributed by atoms with van der Waals surface area (Å²) < 4.78 is 4.56. The van der Waals surface area contributed by atoms with Crippen LogP contribution in [-0.4, -0.2) is 54.7 Å². The quantitative estimate of drug-likeness (QED) is 0.443. The highest BCUT2D eigenvalue weighted by Crippen LogP contribution is 2.18. The first-order valence-corrected chi connectivity index (χ1v) is 9.20. The highest BCUT2D eigenvalue weighted by atomic mass is 32.1. The number of methoxy groups -OCH3 is 1. The van der Waals surface area contributed by atoms with Gasteiger partial charge in [-0.3, -0.25) is 9.59 Å². The van der Waals surface area contributed by atoms with E-state index in [1.54, 1.807) is 23.2 Å². The van der Waals surface area contributed by atoms with Crippen molar-refractivity contribution in [2.24, 2.45) is 0 Å². The average molecular weight is 409 g/mol. The number of aromatic carboxylic acids is 1. The molecule has 0 amide bonds. The molecule has 0 spiro atoms. The van der Waals surface area contributed by atoms with Crippen molar-refractivity contribution >= 4 is 46.2 Å². The van der Waals surface area contributed by atoms with Gasteiger partial charge in [-0.15, -0.1) is 22.7 Å². The number of carbonyl (C=O) groups is 4. The zero-order valence-corrected chi connectivity index (χ0v) is 16.8. The van der Waals surface area contributed by atoms with Gasteiger partial charge in [-0.2, -0.15) is 0 Å². The lowest BCUT2D eigenvalue weighted by molar-refractivity contribution is 0.0605. The Bertz CT molecular complexity index is 834. The van der Waals surface area contributed by atoms with E-state index in [0.717, 1.165) is 22.7 Å². The second-order valence-corrected chi connectivity index (χ2v) is 7.49. The smallest absolute Gasteiger partial charge is 0.348 e. The summed E-state index contributed by atoms with van der Waals surface area (Å²) in [5, 5.41) is 8.48. The molecule has 0 atom stereocenters. The molecule has 2 aromatic heterocycles. The summed E-state index contributed by atoms with van der Waals surface area (Å²) in [6.45, 7) is 1.41. The van der Waals surface area contributed by atoms with Crippen LogP contribution in [0.1, 0.15) is 45.6 Å². The molecular formula is C18H19NO6S2. The molecule has 2 aromatic rings. The van der Waals surface area contributed by atoms with Crippen LogP contribution in [0.2, 0.25) is 0 Å². The van der Waals surface area contributed by atoms with Crippen molar-refractivity contribution in [1.29, 1.82) is 0 Å². The lowest BCUT2D eigenvalue weighted by atomic mass is 10.3. The van der Waals surface area contributed by atoms with Crippen molar-refractivity contribution < 1.29 is 29.0 Å². The number of nitrogens with zero attached hydrogens (tertiary/aromatic N) is 1. The molecule has 0 fully saturated rings. The van der Waals surface area contributed by atoms with Gasteiger partial charge >= 0.3 is 11.9 Å². The summed E-state index contributed by atoms with van der Waals surface area (Å²) in [6, 6.07) is 6.17. The maximum absolute atomic E-state index is 11.6. The number of thiophene rings is 2. The van der Waals surface area contributed by atoms with Crippen LogP contribution in [0.3, 0.4) is 0 Å². The van der Waals surface area contributed by atoms with Crippen molar-refractivity contribution in [2.75, 3.05) is 21.2 Å². The maximum atomic E-state index is 11.6. The third kappa shape index (κ3) is 7.16. The molecule has 0 aliphatic rings. The van der Waals surface area contributed by atoms with Gasteiger partial charge in [-0.1, -0.05) is 0 Å². The minimum Gasteiger partial charge on any atom is -0.477 e. The molecule has 0 aromatic carbocycles. The Labute approximate surface area is 164 Å². The van der Waals surface area contributed by atoms with Gasteiger partial charge in [0.05, 0.1) is 16.9 Å². The zero-order chi connectivity index (χ0) is 20.6. The topological polar surface area (TPSA) is 101 Å². The van der Waals surface area contributed by atoms with Crippen LogP contribution >= 0.6 is 22.7 Å². The Hall–Kier alpha value is -2.78. The number of Topliss-reactive ketones (excluding diaryl/α,β-unsaturated/α-hetero) is 1. The van der Waals surface area contributed by atoms with Gasteiger partial charge in [0.1, 0.15) is 9.75 Å². The van der Waals surface area contributed by atoms with Crippen LogP contribution in [0.4, 0.5) is 0 Å². The fraction of sp³-hybridized carbons (Fsp3) is 0.222. The van der Waals surface area contributed by atoms with E-state index in [-0.39, 0.29) is 16.4 Å². The molecule has 2 rings (SSSR count). The molecule has 0 saturated carbocycles. The van der Waals surface area contributed by atoms with Crippen LogP contribution in [-0.2, 0) is 4.74 Å². The van der Waals surface area contributed by atoms with Gasteiger partial charge in [0, 0.05) is 26.4 Å². The van der Waals surface area contributed by atoms with E-state index in [9.17, 15) is 19.2 Å². The van der Waals surface area contributed by atoms with E-state index < -0.39 is 11.9 Å².